The first-order valence-corrected chi connectivity index (χ1v) is 5.78. The minimum atomic E-state index is -0.479. The third kappa shape index (κ3) is 2.41. The predicted molar refractivity (Wildman–Crippen MR) is 71.1 cm³/mol. The number of benzene rings is 1. The number of nitrogens with two attached hydrogens (primary N) is 1. The highest BCUT2D eigenvalue weighted by Gasteiger charge is 2.12. The number of nitrogens with zero attached hydrogens (tertiary/aromatic N) is 3. The van der Waals surface area contributed by atoms with Gasteiger partial charge in [-0.25, -0.2) is 9.37 Å². The van der Waals surface area contributed by atoms with Gasteiger partial charge in [0.15, 0.2) is 0 Å². The summed E-state index contributed by atoms with van der Waals surface area (Å²) < 4.78 is 15.3. The summed E-state index contributed by atoms with van der Waals surface area (Å²) in [7, 11) is 3.73. The average molecular weight is 269 g/mol. The van der Waals surface area contributed by atoms with E-state index in [2.05, 4.69) is 4.98 Å². The number of aromatic nitrogens is 2. The maximum absolute atomic E-state index is 13.4. The van der Waals surface area contributed by atoms with Gasteiger partial charge in [-0.15, -0.1) is 0 Å². The van der Waals surface area contributed by atoms with E-state index in [1.807, 2.05) is 29.8 Å². The molecule has 0 bridgehead atoms. The highest BCUT2D eigenvalue weighted by molar-refractivity contribution is 6.31. The lowest BCUT2D eigenvalue weighted by Gasteiger charge is -2.21. The Balaban J connectivity index is 2.26. The molecule has 0 aliphatic carbocycles. The van der Waals surface area contributed by atoms with Crippen LogP contribution in [-0.4, -0.2) is 16.6 Å². The van der Waals surface area contributed by atoms with Crippen LogP contribution >= 0.6 is 11.6 Å². The van der Waals surface area contributed by atoms with E-state index in [0.29, 0.717) is 17.9 Å². The third-order valence-corrected chi connectivity index (χ3v) is 3.07. The zero-order valence-corrected chi connectivity index (χ0v) is 10.9. The van der Waals surface area contributed by atoms with Gasteiger partial charge >= 0.3 is 0 Å². The van der Waals surface area contributed by atoms with E-state index in [1.165, 1.54) is 12.1 Å². The Morgan fingerprint density at radius 1 is 1.50 bits per heavy atom. The van der Waals surface area contributed by atoms with Crippen molar-refractivity contribution in [3.05, 3.63) is 41.2 Å². The molecule has 0 aliphatic rings. The summed E-state index contributed by atoms with van der Waals surface area (Å²) in [6.45, 7) is 0.536. The molecule has 1 aromatic carbocycles. The zero-order chi connectivity index (χ0) is 13.3. The molecule has 1 heterocycles. The topological polar surface area (TPSA) is 47.1 Å². The maximum Gasteiger partial charge on any atom is 0.144 e. The van der Waals surface area contributed by atoms with Crippen LogP contribution in [0.2, 0.25) is 5.02 Å². The number of anilines is 2. The van der Waals surface area contributed by atoms with E-state index in [1.54, 1.807) is 6.20 Å². The summed E-state index contributed by atoms with van der Waals surface area (Å²) in [6.07, 6.45) is 3.57. The number of aryl methyl sites for hydroxylation is 1. The van der Waals surface area contributed by atoms with E-state index >= 15 is 0 Å². The van der Waals surface area contributed by atoms with Crippen LogP contribution in [-0.2, 0) is 13.6 Å². The smallest absolute Gasteiger partial charge is 0.144 e. The van der Waals surface area contributed by atoms with Crippen molar-refractivity contribution in [2.75, 3.05) is 17.7 Å². The predicted octanol–water partition coefficient (Wildman–Crippen LogP) is 2.43. The largest absolute Gasteiger partial charge is 0.397 e. The SMILES string of the molecule is CN(Cc1nccn1C)c1cc(F)c(Cl)cc1N. The van der Waals surface area contributed by atoms with Gasteiger partial charge in [0.1, 0.15) is 11.6 Å². The monoisotopic (exact) mass is 268 g/mol. The van der Waals surface area contributed by atoms with Gasteiger partial charge in [-0.1, -0.05) is 11.6 Å². The van der Waals surface area contributed by atoms with Crippen molar-refractivity contribution in [2.24, 2.45) is 7.05 Å². The second-order valence-electron chi connectivity index (χ2n) is 4.14. The van der Waals surface area contributed by atoms with Crippen LogP contribution in [0.3, 0.4) is 0 Å². The molecule has 4 nitrogen and oxygen atoms in total. The molecule has 0 fully saturated rings. The lowest BCUT2D eigenvalue weighted by atomic mass is 10.2. The Labute approximate surface area is 110 Å². The van der Waals surface area contributed by atoms with Crippen molar-refractivity contribution in [1.29, 1.82) is 0 Å². The normalized spacial score (nSPS) is 10.7. The molecule has 0 atom stereocenters. The van der Waals surface area contributed by atoms with Crippen LogP contribution < -0.4 is 10.6 Å². The lowest BCUT2D eigenvalue weighted by molar-refractivity contribution is 0.627. The number of nitrogen functional groups attached to an aromatic ring is 1. The molecule has 0 radical (unpaired) electrons. The zero-order valence-electron chi connectivity index (χ0n) is 10.2. The van der Waals surface area contributed by atoms with E-state index < -0.39 is 5.82 Å². The standard InChI is InChI=1S/C12H14ClFN4/c1-17-4-3-16-12(17)7-18(2)11-6-9(14)8(13)5-10(11)15/h3-6H,7,15H2,1-2H3. The molecule has 96 valence electrons. The number of hydrogen-bond donors (Lipinski definition) is 1. The first-order valence-electron chi connectivity index (χ1n) is 5.41. The summed E-state index contributed by atoms with van der Waals surface area (Å²) in [5, 5.41) is 0.0293. The maximum atomic E-state index is 13.4. The van der Waals surface area contributed by atoms with Crippen LogP contribution in [0.25, 0.3) is 0 Å². The first kappa shape index (κ1) is 12.7. The van der Waals surface area contributed by atoms with Gasteiger partial charge in [0.2, 0.25) is 0 Å². The molecule has 18 heavy (non-hydrogen) atoms. The van der Waals surface area contributed by atoms with Crippen molar-refractivity contribution >= 4 is 23.0 Å². The molecule has 6 heteroatoms. The van der Waals surface area contributed by atoms with E-state index in [0.717, 1.165) is 5.82 Å². The molecule has 0 unspecified atom stereocenters. The third-order valence-electron chi connectivity index (χ3n) is 2.78. The Morgan fingerprint density at radius 3 is 2.83 bits per heavy atom. The van der Waals surface area contributed by atoms with E-state index in [-0.39, 0.29) is 5.02 Å². The van der Waals surface area contributed by atoms with Crippen molar-refractivity contribution in [1.82, 2.24) is 9.55 Å². The Morgan fingerprint density at radius 2 is 2.22 bits per heavy atom. The minimum absolute atomic E-state index is 0.0293. The minimum Gasteiger partial charge on any atom is -0.397 e. The summed E-state index contributed by atoms with van der Waals surface area (Å²) in [5.41, 5.74) is 6.88. The van der Waals surface area contributed by atoms with Crippen molar-refractivity contribution in [2.45, 2.75) is 6.54 Å². The van der Waals surface area contributed by atoms with Crippen LogP contribution in [0.5, 0.6) is 0 Å². The van der Waals surface area contributed by atoms with E-state index in [4.69, 9.17) is 17.3 Å². The highest BCUT2D eigenvalue weighted by Crippen LogP contribution is 2.29. The number of imidazole rings is 1. The Hall–Kier alpha value is -1.75. The Kier molecular flexibility index (Phi) is 3.43. The number of rotatable bonds is 3. The van der Waals surface area contributed by atoms with Crippen molar-refractivity contribution in [3.63, 3.8) is 0 Å². The summed E-state index contributed by atoms with van der Waals surface area (Å²) in [4.78, 5) is 6.04. The number of hydrogen-bond acceptors (Lipinski definition) is 3. The first-order chi connectivity index (χ1) is 8.49. The average Bonchev–Trinajstić information content (AvgIpc) is 2.69. The van der Waals surface area contributed by atoms with Gasteiger partial charge in [0.05, 0.1) is 22.9 Å². The fourth-order valence-electron chi connectivity index (χ4n) is 1.73. The molecule has 1 aromatic heterocycles. The molecule has 0 aliphatic heterocycles. The summed E-state index contributed by atoms with van der Waals surface area (Å²) in [5.74, 6) is 0.389. The number of halogens is 2. The van der Waals surface area contributed by atoms with Gasteiger partial charge in [0.25, 0.3) is 0 Å². The molecular formula is C12H14ClFN4. The second-order valence-corrected chi connectivity index (χ2v) is 4.54. The highest BCUT2D eigenvalue weighted by atomic mass is 35.5. The molecule has 2 N–H and O–H groups in total. The molecule has 0 spiro atoms. The molecule has 2 aromatic rings. The molecule has 0 amide bonds. The van der Waals surface area contributed by atoms with Crippen molar-refractivity contribution in [3.8, 4) is 0 Å². The van der Waals surface area contributed by atoms with Crippen molar-refractivity contribution < 1.29 is 4.39 Å². The van der Waals surface area contributed by atoms with Gasteiger partial charge in [-0.2, -0.15) is 0 Å². The molecule has 0 saturated carbocycles. The fourth-order valence-corrected chi connectivity index (χ4v) is 1.90. The lowest BCUT2D eigenvalue weighted by Crippen LogP contribution is -2.20. The van der Waals surface area contributed by atoms with Crippen LogP contribution in [0.1, 0.15) is 5.82 Å². The fraction of sp³-hybridized carbons (Fsp3) is 0.250. The quantitative estimate of drug-likeness (QED) is 0.870. The molecule has 0 saturated heterocycles. The molecular weight excluding hydrogens is 255 g/mol. The summed E-state index contributed by atoms with van der Waals surface area (Å²) >= 11 is 5.67. The van der Waals surface area contributed by atoms with Crippen LogP contribution in [0.4, 0.5) is 15.8 Å². The van der Waals surface area contributed by atoms with Crippen LogP contribution in [0, 0.1) is 5.82 Å². The van der Waals surface area contributed by atoms with Crippen LogP contribution in [0.15, 0.2) is 24.5 Å². The van der Waals surface area contributed by atoms with Gasteiger partial charge in [-0.3, -0.25) is 0 Å². The summed E-state index contributed by atoms with van der Waals surface area (Å²) in [6, 6.07) is 2.75. The molecule has 2 rings (SSSR count). The van der Waals surface area contributed by atoms with Gasteiger partial charge in [0, 0.05) is 32.6 Å². The second kappa shape index (κ2) is 4.86. The van der Waals surface area contributed by atoms with Gasteiger partial charge < -0.3 is 15.2 Å². The van der Waals surface area contributed by atoms with Gasteiger partial charge in [-0.05, 0) is 6.07 Å². The van der Waals surface area contributed by atoms with E-state index in [9.17, 15) is 4.39 Å². The Bertz CT molecular complexity index is 567.